The summed E-state index contributed by atoms with van der Waals surface area (Å²) < 4.78 is 0. The fourth-order valence-corrected chi connectivity index (χ4v) is 4.05. The van der Waals surface area contributed by atoms with Crippen LogP contribution in [0.25, 0.3) is 0 Å². The topological polar surface area (TPSA) is 15.3 Å². The SMILES string of the molecule is CCCNC1CCN(c2cccc3c2CCCC3)CC1C. The smallest absolute Gasteiger partial charge is 0.0401 e. The molecule has 1 aromatic rings. The number of hydrogen-bond acceptors (Lipinski definition) is 2. The number of nitrogens with one attached hydrogen (secondary N) is 1. The van der Waals surface area contributed by atoms with E-state index in [0.29, 0.717) is 6.04 Å². The van der Waals surface area contributed by atoms with Crippen LogP contribution >= 0.6 is 0 Å². The molecule has 0 saturated carbocycles. The van der Waals surface area contributed by atoms with Crippen molar-refractivity contribution in [3.63, 3.8) is 0 Å². The van der Waals surface area contributed by atoms with Crippen molar-refractivity contribution in [2.75, 3.05) is 24.5 Å². The molecule has 3 rings (SSSR count). The van der Waals surface area contributed by atoms with E-state index in [1.807, 2.05) is 0 Å². The Balaban J connectivity index is 1.71. The maximum absolute atomic E-state index is 3.73. The van der Waals surface area contributed by atoms with Gasteiger partial charge in [0.2, 0.25) is 0 Å². The molecule has 1 N–H and O–H groups in total. The van der Waals surface area contributed by atoms with Crippen LogP contribution < -0.4 is 10.2 Å². The summed E-state index contributed by atoms with van der Waals surface area (Å²) in [5.74, 6) is 0.741. The molecule has 2 nitrogen and oxygen atoms in total. The van der Waals surface area contributed by atoms with Crippen LogP contribution in [0.4, 0.5) is 5.69 Å². The van der Waals surface area contributed by atoms with E-state index in [-0.39, 0.29) is 0 Å². The van der Waals surface area contributed by atoms with Gasteiger partial charge < -0.3 is 10.2 Å². The molecule has 1 saturated heterocycles. The van der Waals surface area contributed by atoms with E-state index in [4.69, 9.17) is 0 Å². The third kappa shape index (κ3) is 3.26. The summed E-state index contributed by atoms with van der Waals surface area (Å²) in [6, 6.07) is 7.68. The normalized spacial score (nSPS) is 25.7. The standard InChI is InChI=1S/C19H30N2/c1-3-12-20-18-11-13-21(14-15(18)2)19-10-6-8-16-7-4-5-9-17(16)19/h6,8,10,15,18,20H,3-5,7,9,11-14H2,1-2H3. The monoisotopic (exact) mass is 286 g/mol. The van der Waals surface area contributed by atoms with Gasteiger partial charge in [0.05, 0.1) is 0 Å². The summed E-state index contributed by atoms with van der Waals surface area (Å²) in [6.45, 7) is 8.24. The van der Waals surface area contributed by atoms with Crippen LogP contribution in [0.1, 0.15) is 50.7 Å². The third-order valence-corrected chi connectivity index (χ3v) is 5.27. The van der Waals surface area contributed by atoms with Gasteiger partial charge in [0, 0.05) is 24.8 Å². The van der Waals surface area contributed by atoms with Gasteiger partial charge in [0.25, 0.3) is 0 Å². The molecule has 2 heteroatoms. The van der Waals surface area contributed by atoms with Crippen LogP contribution in [-0.2, 0) is 12.8 Å². The van der Waals surface area contributed by atoms with Crippen LogP contribution in [0.15, 0.2) is 18.2 Å². The Hall–Kier alpha value is -1.02. The molecule has 1 aromatic carbocycles. The summed E-state index contributed by atoms with van der Waals surface area (Å²) in [6.07, 6.45) is 7.83. The van der Waals surface area contributed by atoms with E-state index in [0.717, 1.165) is 12.5 Å². The summed E-state index contributed by atoms with van der Waals surface area (Å²) in [4.78, 5) is 2.65. The van der Waals surface area contributed by atoms with Crippen molar-refractivity contribution >= 4 is 5.69 Å². The van der Waals surface area contributed by atoms with Crippen molar-refractivity contribution in [3.8, 4) is 0 Å². The van der Waals surface area contributed by atoms with Gasteiger partial charge in [0.1, 0.15) is 0 Å². The van der Waals surface area contributed by atoms with E-state index < -0.39 is 0 Å². The van der Waals surface area contributed by atoms with E-state index in [1.54, 1.807) is 11.1 Å². The first-order chi connectivity index (χ1) is 10.3. The van der Waals surface area contributed by atoms with Crippen LogP contribution in [-0.4, -0.2) is 25.7 Å². The molecule has 1 aliphatic carbocycles. The van der Waals surface area contributed by atoms with Crippen LogP contribution in [0.2, 0.25) is 0 Å². The van der Waals surface area contributed by atoms with Gasteiger partial charge in [-0.1, -0.05) is 26.0 Å². The highest BCUT2D eigenvalue weighted by Gasteiger charge is 2.27. The van der Waals surface area contributed by atoms with Crippen LogP contribution in [0, 0.1) is 5.92 Å². The van der Waals surface area contributed by atoms with Gasteiger partial charge in [-0.25, -0.2) is 0 Å². The third-order valence-electron chi connectivity index (χ3n) is 5.27. The number of nitrogens with zero attached hydrogens (tertiary/aromatic N) is 1. The number of aryl methyl sites for hydroxylation is 1. The minimum absolute atomic E-state index is 0.709. The maximum Gasteiger partial charge on any atom is 0.0401 e. The van der Waals surface area contributed by atoms with Crippen molar-refractivity contribution in [2.45, 2.75) is 58.4 Å². The number of anilines is 1. The molecule has 21 heavy (non-hydrogen) atoms. The lowest BCUT2D eigenvalue weighted by atomic mass is 9.88. The Morgan fingerprint density at radius 3 is 2.90 bits per heavy atom. The van der Waals surface area contributed by atoms with E-state index in [9.17, 15) is 0 Å². The Bertz CT molecular complexity index is 469. The molecule has 1 aliphatic heterocycles. The summed E-state index contributed by atoms with van der Waals surface area (Å²) >= 11 is 0. The first-order valence-electron chi connectivity index (χ1n) is 8.88. The Kier molecular flexibility index (Phi) is 4.84. The fourth-order valence-electron chi connectivity index (χ4n) is 4.05. The Morgan fingerprint density at radius 1 is 1.24 bits per heavy atom. The zero-order valence-electron chi connectivity index (χ0n) is 13.7. The second kappa shape index (κ2) is 6.83. The van der Waals surface area contributed by atoms with Crippen molar-refractivity contribution < 1.29 is 0 Å². The molecule has 2 unspecified atom stereocenters. The largest absolute Gasteiger partial charge is 0.371 e. The van der Waals surface area contributed by atoms with E-state index in [2.05, 4.69) is 42.3 Å². The molecule has 0 amide bonds. The molecule has 116 valence electrons. The molecule has 1 fully saturated rings. The highest BCUT2D eigenvalue weighted by molar-refractivity contribution is 5.58. The molecule has 0 radical (unpaired) electrons. The molecular formula is C19H30N2. The quantitative estimate of drug-likeness (QED) is 0.906. The van der Waals surface area contributed by atoms with Gasteiger partial charge in [-0.2, -0.15) is 0 Å². The average Bonchev–Trinajstić information content (AvgIpc) is 2.53. The van der Waals surface area contributed by atoms with E-state index in [1.165, 1.54) is 57.3 Å². The summed E-state index contributed by atoms with van der Waals surface area (Å²) in [5.41, 5.74) is 4.79. The lowest BCUT2D eigenvalue weighted by molar-refractivity contribution is 0.322. The zero-order chi connectivity index (χ0) is 14.7. The lowest BCUT2D eigenvalue weighted by Crippen LogP contribution is -2.48. The maximum atomic E-state index is 3.73. The first kappa shape index (κ1) is 14.9. The summed E-state index contributed by atoms with van der Waals surface area (Å²) in [5, 5.41) is 3.73. The molecule has 0 aromatic heterocycles. The average molecular weight is 286 g/mol. The van der Waals surface area contributed by atoms with Gasteiger partial charge in [0.15, 0.2) is 0 Å². The zero-order valence-corrected chi connectivity index (χ0v) is 13.7. The number of fused-ring (bicyclic) bond motifs is 1. The number of rotatable bonds is 4. The van der Waals surface area contributed by atoms with Crippen molar-refractivity contribution in [3.05, 3.63) is 29.3 Å². The number of piperidine rings is 1. The van der Waals surface area contributed by atoms with Crippen molar-refractivity contribution in [1.29, 1.82) is 0 Å². The van der Waals surface area contributed by atoms with Gasteiger partial charge in [-0.15, -0.1) is 0 Å². The second-order valence-electron chi connectivity index (χ2n) is 6.89. The predicted molar refractivity (Wildman–Crippen MR) is 91.2 cm³/mol. The first-order valence-corrected chi connectivity index (χ1v) is 8.88. The minimum Gasteiger partial charge on any atom is -0.371 e. The van der Waals surface area contributed by atoms with Crippen molar-refractivity contribution in [2.24, 2.45) is 5.92 Å². The van der Waals surface area contributed by atoms with Crippen molar-refractivity contribution in [1.82, 2.24) is 5.32 Å². The highest BCUT2D eigenvalue weighted by Crippen LogP contribution is 2.32. The predicted octanol–water partition coefficient (Wildman–Crippen LogP) is 3.78. The molecular weight excluding hydrogens is 256 g/mol. The fraction of sp³-hybridized carbons (Fsp3) is 0.684. The second-order valence-corrected chi connectivity index (χ2v) is 6.89. The minimum atomic E-state index is 0.709. The van der Waals surface area contributed by atoms with Gasteiger partial charge >= 0.3 is 0 Å². The number of benzene rings is 1. The highest BCUT2D eigenvalue weighted by atomic mass is 15.2. The van der Waals surface area contributed by atoms with Gasteiger partial charge in [-0.3, -0.25) is 0 Å². The van der Waals surface area contributed by atoms with Crippen LogP contribution in [0.5, 0.6) is 0 Å². The molecule has 1 heterocycles. The molecule has 0 spiro atoms. The Labute approximate surface area is 129 Å². The van der Waals surface area contributed by atoms with Crippen LogP contribution in [0.3, 0.4) is 0 Å². The molecule has 2 atom stereocenters. The number of hydrogen-bond donors (Lipinski definition) is 1. The lowest BCUT2D eigenvalue weighted by Gasteiger charge is -2.40. The van der Waals surface area contributed by atoms with E-state index >= 15 is 0 Å². The molecule has 0 bridgehead atoms. The molecule has 2 aliphatic rings. The summed E-state index contributed by atoms with van der Waals surface area (Å²) in [7, 11) is 0. The van der Waals surface area contributed by atoms with Gasteiger partial charge in [-0.05, 0) is 68.2 Å². The Morgan fingerprint density at radius 2 is 2.10 bits per heavy atom.